The summed E-state index contributed by atoms with van der Waals surface area (Å²) in [6, 6.07) is 7.73. The minimum absolute atomic E-state index is 0.136. The van der Waals surface area contributed by atoms with E-state index in [1.165, 1.54) is 55.9 Å². The number of aryl methyl sites for hydroxylation is 2. The maximum atomic E-state index is 12.3. The first-order valence-corrected chi connectivity index (χ1v) is 14.0. The fraction of sp³-hybridized carbons (Fsp3) is 0.607. The SMILES string of the molecule is CCCCCCCCCCCCc1ccccc1[C@H](Sc1nc(CCC)c(C(=O)O)n1C)C(=O)O. The van der Waals surface area contributed by atoms with E-state index in [2.05, 4.69) is 11.9 Å². The van der Waals surface area contributed by atoms with Crippen molar-refractivity contribution in [1.29, 1.82) is 0 Å². The molecule has 2 aromatic rings. The first-order chi connectivity index (χ1) is 16.9. The number of aromatic carboxylic acids is 1. The normalized spacial score (nSPS) is 12.1. The van der Waals surface area contributed by atoms with Crippen LogP contribution in [0, 0.1) is 0 Å². The van der Waals surface area contributed by atoms with Crippen molar-refractivity contribution in [2.24, 2.45) is 7.05 Å². The van der Waals surface area contributed by atoms with Gasteiger partial charge in [-0.15, -0.1) is 0 Å². The van der Waals surface area contributed by atoms with E-state index in [1.807, 2.05) is 31.2 Å². The molecular formula is C28H42N2O4S. The van der Waals surface area contributed by atoms with Gasteiger partial charge in [0.2, 0.25) is 0 Å². The molecule has 0 saturated heterocycles. The summed E-state index contributed by atoms with van der Waals surface area (Å²) in [6.07, 6.45) is 14.8. The predicted octanol–water partition coefficient (Wildman–Crippen LogP) is 7.45. The van der Waals surface area contributed by atoms with Crippen molar-refractivity contribution in [2.75, 3.05) is 0 Å². The van der Waals surface area contributed by atoms with Gasteiger partial charge in [0, 0.05) is 7.05 Å². The van der Waals surface area contributed by atoms with Crippen molar-refractivity contribution < 1.29 is 19.8 Å². The Morgan fingerprint density at radius 3 is 2.06 bits per heavy atom. The Balaban J connectivity index is 2.01. The van der Waals surface area contributed by atoms with E-state index in [9.17, 15) is 19.8 Å². The Bertz CT molecular complexity index is 941. The third kappa shape index (κ3) is 9.02. The van der Waals surface area contributed by atoms with Crippen LogP contribution in [-0.4, -0.2) is 31.7 Å². The van der Waals surface area contributed by atoms with Gasteiger partial charge in [-0.2, -0.15) is 0 Å². The lowest BCUT2D eigenvalue weighted by Gasteiger charge is -2.16. The van der Waals surface area contributed by atoms with Crippen LogP contribution in [0.2, 0.25) is 0 Å². The molecule has 0 aliphatic carbocycles. The number of nitrogens with zero attached hydrogens (tertiary/aromatic N) is 2. The molecule has 7 heteroatoms. The minimum Gasteiger partial charge on any atom is -0.480 e. The maximum Gasteiger partial charge on any atom is 0.354 e. The Labute approximate surface area is 214 Å². The van der Waals surface area contributed by atoms with Crippen molar-refractivity contribution in [1.82, 2.24) is 9.55 Å². The van der Waals surface area contributed by atoms with Gasteiger partial charge in [0.1, 0.15) is 5.25 Å². The predicted molar refractivity (Wildman–Crippen MR) is 142 cm³/mol. The zero-order valence-electron chi connectivity index (χ0n) is 21.6. The number of aliphatic carboxylic acids is 1. The van der Waals surface area contributed by atoms with Crippen molar-refractivity contribution in [2.45, 2.75) is 108 Å². The fourth-order valence-corrected chi connectivity index (χ4v) is 5.57. The van der Waals surface area contributed by atoms with Gasteiger partial charge in [0.15, 0.2) is 10.9 Å². The second kappa shape index (κ2) is 15.7. The van der Waals surface area contributed by atoms with Crippen molar-refractivity contribution in [3.63, 3.8) is 0 Å². The molecule has 0 radical (unpaired) electrons. The van der Waals surface area contributed by atoms with Gasteiger partial charge >= 0.3 is 11.9 Å². The zero-order chi connectivity index (χ0) is 25.6. The molecule has 0 unspecified atom stereocenters. The summed E-state index contributed by atoms with van der Waals surface area (Å²) in [5, 5.41) is 19.3. The second-order valence-corrected chi connectivity index (χ2v) is 10.3. The topological polar surface area (TPSA) is 92.4 Å². The quantitative estimate of drug-likeness (QED) is 0.162. The molecule has 2 rings (SSSR count). The van der Waals surface area contributed by atoms with Crippen molar-refractivity contribution >= 4 is 23.7 Å². The van der Waals surface area contributed by atoms with Gasteiger partial charge in [0.25, 0.3) is 0 Å². The molecule has 0 aliphatic rings. The summed E-state index contributed by atoms with van der Waals surface area (Å²) < 4.78 is 1.51. The molecule has 0 aliphatic heterocycles. The number of carboxylic acids is 2. The van der Waals surface area contributed by atoms with E-state index >= 15 is 0 Å². The molecule has 35 heavy (non-hydrogen) atoms. The molecule has 1 heterocycles. The summed E-state index contributed by atoms with van der Waals surface area (Å²) >= 11 is 1.12. The maximum absolute atomic E-state index is 12.3. The van der Waals surface area contributed by atoms with Gasteiger partial charge in [-0.05, 0) is 30.4 Å². The van der Waals surface area contributed by atoms with Crippen molar-refractivity contribution in [3.05, 3.63) is 46.8 Å². The molecule has 0 amide bonds. The Hall–Kier alpha value is -2.28. The van der Waals surface area contributed by atoms with Gasteiger partial charge in [-0.3, -0.25) is 4.79 Å². The van der Waals surface area contributed by atoms with Crippen LogP contribution in [0.5, 0.6) is 0 Å². The first kappa shape index (κ1) is 29.0. The zero-order valence-corrected chi connectivity index (χ0v) is 22.4. The first-order valence-electron chi connectivity index (χ1n) is 13.2. The van der Waals surface area contributed by atoms with Gasteiger partial charge < -0.3 is 14.8 Å². The van der Waals surface area contributed by atoms with E-state index in [0.717, 1.165) is 48.6 Å². The monoisotopic (exact) mass is 502 g/mol. The number of carboxylic acid groups (broad SMARTS) is 2. The van der Waals surface area contributed by atoms with Gasteiger partial charge in [-0.1, -0.05) is 114 Å². The van der Waals surface area contributed by atoms with E-state index in [-0.39, 0.29) is 5.69 Å². The lowest BCUT2D eigenvalue weighted by molar-refractivity contribution is -0.136. The molecule has 0 fully saturated rings. The lowest BCUT2D eigenvalue weighted by Crippen LogP contribution is -2.12. The Kier molecular flexibility index (Phi) is 13.0. The molecule has 6 nitrogen and oxygen atoms in total. The van der Waals surface area contributed by atoms with Crippen LogP contribution in [0.15, 0.2) is 29.4 Å². The largest absolute Gasteiger partial charge is 0.480 e. The van der Waals surface area contributed by atoms with Crippen LogP contribution in [0.4, 0.5) is 0 Å². The van der Waals surface area contributed by atoms with E-state index < -0.39 is 17.2 Å². The average molecular weight is 503 g/mol. The molecule has 194 valence electrons. The van der Waals surface area contributed by atoms with Crippen LogP contribution in [0.25, 0.3) is 0 Å². The molecule has 1 atom stereocenters. The highest BCUT2D eigenvalue weighted by Gasteiger charge is 2.28. The number of hydrogen-bond acceptors (Lipinski definition) is 4. The molecular weight excluding hydrogens is 460 g/mol. The molecule has 0 bridgehead atoms. The highest BCUT2D eigenvalue weighted by atomic mass is 32.2. The fourth-order valence-electron chi connectivity index (χ4n) is 4.49. The third-order valence-electron chi connectivity index (χ3n) is 6.40. The summed E-state index contributed by atoms with van der Waals surface area (Å²) in [5.74, 6) is -1.98. The second-order valence-electron chi connectivity index (χ2n) is 9.27. The number of carbonyl (C=O) groups is 2. The molecule has 1 aromatic carbocycles. The summed E-state index contributed by atoms with van der Waals surface area (Å²) in [7, 11) is 1.65. The van der Waals surface area contributed by atoms with Gasteiger partial charge in [0.05, 0.1) is 5.69 Å². The molecule has 1 aromatic heterocycles. The smallest absolute Gasteiger partial charge is 0.354 e. The number of rotatable bonds is 18. The number of imidazole rings is 1. The molecule has 0 spiro atoms. The number of aromatic nitrogens is 2. The lowest BCUT2D eigenvalue weighted by atomic mass is 9.98. The van der Waals surface area contributed by atoms with Crippen LogP contribution < -0.4 is 0 Å². The van der Waals surface area contributed by atoms with E-state index in [4.69, 9.17) is 0 Å². The Morgan fingerprint density at radius 2 is 1.49 bits per heavy atom. The van der Waals surface area contributed by atoms with Gasteiger partial charge in [-0.25, -0.2) is 9.78 Å². The number of thioether (sulfide) groups is 1. The van der Waals surface area contributed by atoms with Crippen LogP contribution >= 0.6 is 11.8 Å². The minimum atomic E-state index is -1.04. The summed E-state index contributed by atoms with van der Waals surface area (Å²) in [4.78, 5) is 28.6. The standard InChI is InChI=1S/C28H42N2O4S/c1-4-6-7-8-9-10-11-12-13-14-18-21-19-15-16-20-22(21)25(27(33)34)35-28-29-23(17-5-2)24(26(31)32)30(28)3/h15-16,19-20,25H,4-14,17-18H2,1-3H3,(H,31,32)(H,33,34)/t25-/m0/s1. The third-order valence-corrected chi connectivity index (χ3v) is 7.67. The molecule has 0 saturated carbocycles. The number of unbranched alkanes of at least 4 members (excludes halogenated alkanes) is 9. The Morgan fingerprint density at radius 1 is 0.886 bits per heavy atom. The summed E-state index contributed by atoms with van der Waals surface area (Å²) in [5.41, 5.74) is 2.47. The van der Waals surface area contributed by atoms with E-state index in [0.29, 0.717) is 17.3 Å². The van der Waals surface area contributed by atoms with E-state index in [1.54, 1.807) is 7.05 Å². The highest BCUT2D eigenvalue weighted by Crippen LogP contribution is 2.38. The van der Waals surface area contributed by atoms with Crippen LogP contribution in [0.3, 0.4) is 0 Å². The number of benzene rings is 1. The number of hydrogen-bond donors (Lipinski definition) is 2. The average Bonchev–Trinajstić information content (AvgIpc) is 3.14. The summed E-state index contributed by atoms with van der Waals surface area (Å²) in [6.45, 7) is 4.21. The molecule has 2 N–H and O–H groups in total. The van der Waals surface area contributed by atoms with Crippen molar-refractivity contribution in [3.8, 4) is 0 Å². The van der Waals surface area contributed by atoms with Crippen LogP contribution in [-0.2, 0) is 24.7 Å². The highest BCUT2D eigenvalue weighted by molar-refractivity contribution is 8.00. The van der Waals surface area contributed by atoms with Crippen LogP contribution in [0.1, 0.15) is 117 Å².